The molecule has 1 aromatic heterocycles. The molecule has 9 nitrogen and oxygen atoms in total. The van der Waals surface area contributed by atoms with Crippen LogP contribution in [-0.2, 0) is 39.7 Å². The van der Waals surface area contributed by atoms with E-state index in [9.17, 15) is 14.4 Å². The van der Waals surface area contributed by atoms with Crippen molar-refractivity contribution < 1.29 is 42.5 Å². The van der Waals surface area contributed by atoms with Gasteiger partial charge in [0.05, 0.1) is 7.11 Å². The zero-order chi connectivity index (χ0) is 23.0. The number of esters is 3. The summed E-state index contributed by atoms with van der Waals surface area (Å²) in [5.74, 6) is -0.856. The summed E-state index contributed by atoms with van der Waals surface area (Å²) >= 11 is 0. The molecule has 4 bridgehead atoms. The zero-order valence-corrected chi connectivity index (χ0v) is 18.5. The quantitative estimate of drug-likeness (QED) is 0.299. The van der Waals surface area contributed by atoms with Crippen LogP contribution in [0, 0.1) is 5.92 Å². The van der Waals surface area contributed by atoms with E-state index in [-0.39, 0.29) is 18.4 Å². The van der Waals surface area contributed by atoms with E-state index in [2.05, 4.69) is 6.58 Å². The number of epoxide rings is 2. The normalized spacial score (nSPS) is 39.2. The first-order chi connectivity index (χ1) is 15.1. The van der Waals surface area contributed by atoms with Gasteiger partial charge in [0.25, 0.3) is 0 Å². The largest absolute Gasteiger partial charge is 0.465 e. The van der Waals surface area contributed by atoms with Crippen molar-refractivity contribution in [1.29, 1.82) is 0 Å². The third-order valence-corrected chi connectivity index (χ3v) is 7.00. The van der Waals surface area contributed by atoms with Gasteiger partial charge in [-0.05, 0) is 32.3 Å². The van der Waals surface area contributed by atoms with Crippen LogP contribution in [0.5, 0.6) is 0 Å². The summed E-state index contributed by atoms with van der Waals surface area (Å²) in [6.45, 7) is 9.10. The summed E-state index contributed by atoms with van der Waals surface area (Å²) in [5, 5.41) is 0. The van der Waals surface area contributed by atoms with Gasteiger partial charge in [-0.15, -0.1) is 0 Å². The van der Waals surface area contributed by atoms with Crippen LogP contribution in [0.4, 0.5) is 0 Å². The number of carbonyl (C=O) groups is 3. The lowest BCUT2D eigenvalue weighted by molar-refractivity contribution is -0.165. The van der Waals surface area contributed by atoms with Crippen molar-refractivity contribution in [3.05, 3.63) is 35.3 Å². The first kappa shape index (κ1) is 21.2. The number of methoxy groups -OCH3 is 1. The number of allylic oxidation sites excluding steroid dienone is 1. The first-order valence-corrected chi connectivity index (χ1v) is 10.7. The van der Waals surface area contributed by atoms with Gasteiger partial charge in [0.15, 0.2) is 0 Å². The van der Waals surface area contributed by atoms with Crippen LogP contribution in [0.2, 0.25) is 0 Å². The Balaban J connectivity index is 1.58. The Bertz CT molecular complexity index is 1020. The summed E-state index contributed by atoms with van der Waals surface area (Å²) in [6.07, 6.45) is -1.33. The maximum absolute atomic E-state index is 12.9. The van der Waals surface area contributed by atoms with E-state index in [1.54, 1.807) is 6.07 Å². The highest BCUT2D eigenvalue weighted by molar-refractivity contribution is 5.91. The van der Waals surface area contributed by atoms with E-state index in [0.717, 1.165) is 5.57 Å². The van der Waals surface area contributed by atoms with E-state index in [1.165, 1.54) is 14.0 Å². The lowest BCUT2D eigenvalue weighted by Gasteiger charge is -2.26. The van der Waals surface area contributed by atoms with Gasteiger partial charge in [-0.2, -0.15) is 0 Å². The minimum atomic E-state index is -1.32. The van der Waals surface area contributed by atoms with Gasteiger partial charge in [0, 0.05) is 19.8 Å². The van der Waals surface area contributed by atoms with Crippen LogP contribution < -0.4 is 0 Å². The van der Waals surface area contributed by atoms with Crippen LogP contribution in [0.1, 0.15) is 61.6 Å². The number of furan rings is 1. The van der Waals surface area contributed by atoms with E-state index < -0.39 is 47.4 Å². The fraction of sp³-hybridized carbons (Fsp3) is 0.609. The highest BCUT2D eigenvalue weighted by Gasteiger charge is 2.79. The second-order valence-corrected chi connectivity index (χ2v) is 9.35. The fourth-order valence-corrected chi connectivity index (χ4v) is 5.14. The van der Waals surface area contributed by atoms with Crippen molar-refractivity contribution in [1.82, 2.24) is 0 Å². The van der Waals surface area contributed by atoms with Gasteiger partial charge in [-0.1, -0.05) is 12.2 Å². The summed E-state index contributed by atoms with van der Waals surface area (Å²) in [6, 6.07) is 1.65. The molecule has 5 heterocycles. The van der Waals surface area contributed by atoms with Gasteiger partial charge < -0.3 is 28.1 Å². The first-order valence-electron chi connectivity index (χ1n) is 10.7. The molecule has 3 saturated heterocycles. The van der Waals surface area contributed by atoms with Crippen LogP contribution in [-0.4, -0.2) is 54.5 Å². The third kappa shape index (κ3) is 3.09. The maximum atomic E-state index is 12.9. The Morgan fingerprint density at radius 3 is 2.62 bits per heavy atom. The lowest BCUT2D eigenvalue weighted by atomic mass is 9.83. The Labute approximate surface area is 184 Å². The van der Waals surface area contributed by atoms with Gasteiger partial charge in [0.1, 0.15) is 47.1 Å². The topological polar surface area (TPSA) is 117 Å². The molecular formula is C23H26O9. The Hall–Kier alpha value is -2.65. The molecule has 4 aliphatic heterocycles. The summed E-state index contributed by atoms with van der Waals surface area (Å²) in [7, 11) is 1.31. The van der Waals surface area contributed by atoms with Crippen LogP contribution >= 0.6 is 0 Å². The molecule has 0 aromatic carbocycles. The second kappa shape index (κ2) is 6.92. The van der Waals surface area contributed by atoms with Crippen LogP contribution in [0.15, 0.2) is 22.6 Å². The predicted molar refractivity (Wildman–Crippen MR) is 107 cm³/mol. The summed E-state index contributed by atoms with van der Waals surface area (Å²) < 4.78 is 34.1. The molecule has 4 aliphatic rings. The summed E-state index contributed by atoms with van der Waals surface area (Å²) in [5.41, 5.74) is -0.859. The molecule has 0 radical (unpaired) electrons. The molecule has 0 aliphatic carbocycles. The molecule has 0 spiro atoms. The summed E-state index contributed by atoms with van der Waals surface area (Å²) in [4.78, 5) is 37.2. The van der Waals surface area contributed by atoms with Crippen molar-refractivity contribution in [2.75, 3.05) is 7.11 Å². The zero-order valence-electron chi connectivity index (χ0n) is 18.5. The Morgan fingerprint density at radius 2 is 2.00 bits per heavy atom. The number of hydrogen-bond donors (Lipinski definition) is 0. The van der Waals surface area contributed by atoms with Crippen molar-refractivity contribution in [2.45, 2.75) is 75.7 Å². The van der Waals surface area contributed by atoms with E-state index in [4.69, 9.17) is 28.1 Å². The number of carbonyl (C=O) groups excluding carboxylic acids is 3. The van der Waals surface area contributed by atoms with E-state index in [1.807, 2.05) is 13.8 Å². The molecule has 172 valence electrons. The average molecular weight is 446 g/mol. The SMILES string of the molecule is C=C(C)[C@@H]1Cc2oc(cc2C(=O)OC)[C@@H]2OC2(C)C[C@H]2OC(=O)C3(O[C@H]23)[C@@H](OC(C)=O)C1. The van der Waals surface area contributed by atoms with Crippen molar-refractivity contribution in [3.63, 3.8) is 0 Å². The lowest BCUT2D eigenvalue weighted by Crippen LogP contribution is -2.42. The van der Waals surface area contributed by atoms with Crippen LogP contribution in [0.3, 0.4) is 0 Å². The number of hydrogen-bond acceptors (Lipinski definition) is 9. The molecule has 9 heteroatoms. The van der Waals surface area contributed by atoms with E-state index in [0.29, 0.717) is 29.9 Å². The molecule has 0 amide bonds. The number of fused-ring (bicyclic) bond motifs is 4. The third-order valence-electron chi connectivity index (χ3n) is 7.00. The molecule has 2 unspecified atom stereocenters. The second-order valence-electron chi connectivity index (χ2n) is 9.35. The molecule has 1 aromatic rings. The minimum absolute atomic E-state index is 0.264. The van der Waals surface area contributed by atoms with E-state index >= 15 is 0 Å². The number of ether oxygens (including phenoxy) is 5. The fourth-order valence-electron chi connectivity index (χ4n) is 5.14. The molecule has 0 N–H and O–H groups in total. The predicted octanol–water partition coefficient (Wildman–Crippen LogP) is 2.42. The minimum Gasteiger partial charge on any atom is -0.465 e. The molecule has 5 rings (SSSR count). The monoisotopic (exact) mass is 446 g/mol. The van der Waals surface area contributed by atoms with Crippen LogP contribution in [0.25, 0.3) is 0 Å². The molecule has 3 fully saturated rings. The maximum Gasteiger partial charge on any atom is 0.345 e. The van der Waals surface area contributed by atoms with Gasteiger partial charge in [-0.3, -0.25) is 4.79 Å². The molecule has 32 heavy (non-hydrogen) atoms. The molecule has 7 atom stereocenters. The Morgan fingerprint density at radius 1 is 1.25 bits per heavy atom. The highest BCUT2D eigenvalue weighted by atomic mass is 16.7. The van der Waals surface area contributed by atoms with Gasteiger partial charge in [-0.25, -0.2) is 9.59 Å². The van der Waals surface area contributed by atoms with Gasteiger partial charge in [0.2, 0.25) is 5.60 Å². The van der Waals surface area contributed by atoms with Gasteiger partial charge >= 0.3 is 17.9 Å². The van der Waals surface area contributed by atoms with Crippen molar-refractivity contribution >= 4 is 17.9 Å². The Kier molecular flexibility index (Phi) is 4.59. The molecular weight excluding hydrogens is 420 g/mol. The standard InChI is InChI=1S/C23H26O9/c1-10(2)12-6-14-13(20(25)27-5)8-15(29-14)18-22(4,31-18)9-16-19-23(32-19,21(26)30-16)17(7-12)28-11(3)24/h8,12,16-19H,1,6-7,9H2,2-5H3/t12-,16-,17+,18+,19-,22?,23?/m1/s1. The smallest absolute Gasteiger partial charge is 0.345 e. The number of rotatable bonds is 3. The highest BCUT2D eigenvalue weighted by Crippen LogP contribution is 2.59. The van der Waals surface area contributed by atoms with Crippen molar-refractivity contribution in [3.8, 4) is 0 Å². The average Bonchev–Trinajstić information content (AvgIpc) is 3.54. The molecule has 0 saturated carbocycles. The van der Waals surface area contributed by atoms with Crippen molar-refractivity contribution in [2.24, 2.45) is 5.92 Å².